The van der Waals surface area contributed by atoms with E-state index in [1.165, 1.54) is 79.2 Å². The van der Waals surface area contributed by atoms with Crippen LogP contribution in [-0.2, 0) is 33.7 Å². The summed E-state index contributed by atoms with van der Waals surface area (Å²) in [6, 6.07) is 16.1. The third-order valence-corrected chi connectivity index (χ3v) is 5.40. The number of aryl methyl sites for hydroxylation is 1. The first kappa shape index (κ1) is 23.9. The maximum absolute atomic E-state index is 4.93. The minimum atomic E-state index is -0.826. The van der Waals surface area contributed by atoms with Crippen molar-refractivity contribution in [2.75, 3.05) is 0 Å². The molecule has 0 atom stereocenters. The molecule has 0 aromatic heterocycles. The average molecular weight is 495 g/mol. The predicted molar refractivity (Wildman–Crippen MR) is 123 cm³/mol. The molecule has 0 fully saturated rings. The number of halogens is 2. The molecule has 28 heavy (non-hydrogen) atoms. The van der Waals surface area contributed by atoms with Gasteiger partial charge in [-0.2, -0.15) is 0 Å². The molecule has 0 saturated heterocycles. The zero-order chi connectivity index (χ0) is 20.2. The van der Waals surface area contributed by atoms with Crippen molar-refractivity contribution in [3.05, 3.63) is 64.7 Å². The Balaban J connectivity index is 0.000000878. The molecule has 0 heterocycles. The van der Waals surface area contributed by atoms with Crippen LogP contribution in [0.2, 0.25) is 0 Å². The zero-order valence-corrected chi connectivity index (χ0v) is 21.2. The van der Waals surface area contributed by atoms with Crippen LogP contribution in [0.5, 0.6) is 0 Å². The van der Waals surface area contributed by atoms with Crippen molar-refractivity contribution in [3.63, 3.8) is 0 Å². The molecule has 1 aliphatic rings. The number of hydrogen-bond acceptors (Lipinski definition) is 0. The van der Waals surface area contributed by atoms with Crippen LogP contribution >= 0.6 is 17.0 Å². The van der Waals surface area contributed by atoms with E-state index in [0.29, 0.717) is 0 Å². The van der Waals surface area contributed by atoms with Crippen molar-refractivity contribution >= 4 is 23.1 Å². The number of benzene rings is 2. The molecule has 0 nitrogen and oxygen atoms in total. The van der Waals surface area contributed by atoms with Crippen molar-refractivity contribution in [2.45, 2.75) is 71.6 Å². The second-order valence-corrected chi connectivity index (χ2v) is 11.3. The van der Waals surface area contributed by atoms with Gasteiger partial charge in [0.2, 0.25) is 0 Å². The molecular formula is C25H32Cl2Zr. The Morgan fingerprint density at radius 3 is 2.21 bits per heavy atom. The molecule has 1 aliphatic carbocycles. The molecule has 0 radical (unpaired) electrons. The first-order valence-corrected chi connectivity index (χ1v) is 16.9. The second kappa shape index (κ2) is 13.8. The number of rotatable bonds is 9. The van der Waals surface area contributed by atoms with Crippen LogP contribution in [0.1, 0.15) is 75.5 Å². The van der Waals surface area contributed by atoms with Crippen molar-refractivity contribution in [2.24, 2.45) is 0 Å². The van der Waals surface area contributed by atoms with Gasteiger partial charge in [-0.1, -0.05) is 93.6 Å². The molecule has 0 amide bonds. The van der Waals surface area contributed by atoms with Crippen molar-refractivity contribution in [1.29, 1.82) is 0 Å². The molecular weight excluding hydrogens is 462 g/mol. The van der Waals surface area contributed by atoms with E-state index in [1.54, 1.807) is 5.57 Å². The van der Waals surface area contributed by atoms with E-state index < -0.39 is 20.8 Å². The second-order valence-electron chi connectivity index (χ2n) is 7.54. The van der Waals surface area contributed by atoms with Crippen molar-refractivity contribution < 1.29 is 20.8 Å². The molecule has 2 aromatic carbocycles. The summed E-state index contributed by atoms with van der Waals surface area (Å²) in [5.41, 5.74) is 8.83. The molecule has 0 unspecified atom stereocenters. The average Bonchev–Trinajstić information content (AvgIpc) is 3.14. The van der Waals surface area contributed by atoms with Crippen molar-refractivity contribution in [1.82, 2.24) is 0 Å². The fraction of sp³-hybridized carbons (Fsp3) is 0.440. The van der Waals surface area contributed by atoms with Gasteiger partial charge in [0, 0.05) is 0 Å². The van der Waals surface area contributed by atoms with Gasteiger partial charge in [0.25, 0.3) is 0 Å². The summed E-state index contributed by atoms with van der Waals surface area (Å²) >= 11 is -0.826. The summed E-state index contributed by atoms with van der Waals surface area (Å²) in [6.45, 7) is 4.54. The van der Waals surface area contributed by atoms with Crippen LogP contribution in [0.3, 0.4) is 0 Å². The number of allylic oxidation sites excluding steroid dienone is 1. The van der Waals surface area contributed by atoms with E-state index in [1.807, 2.05) is 0 Å². The monoisotopic (exact) mass is 492 g/mol. The Morgan fingerprint density at radius 2 is 1.54 bits per heavy atom. The van der Waals surface area contributed by atoms with Gasteiger partial charge in [-0.25, -0.2) is 0 Å². The summed E-state index contributed by atoms with van der Waals surface area (Å²) in [6.07, 6.45) is 14.0. The Bertz CT molecular complexity index is 735. The van der Waals surface area contributed by atoms with Gasteiger partial charge < -0.3 is 0 Å². The van der Waals surface area contributed by atoms with Crippen LogP contribution in [0.4, 0.5) is 0 Å². The van der Waals surface area contributed by atoms with Crippen molar-refractivity contribution in [3.8, 4) is 11.1 Å². The van der Waals surface area contributed by atoms with E-state index >= 15 is 0 Å². The van der Waals surface area contributed by atoms with Gasteiger partial charge in [-0.15, -0.1) is 0 Å². The van der Waals surface area contributed by atoms with Gasteiger partial charge in [0.05, 0.1) is 0 Å². The molecule has 0 aliphatic heterocycles. The minimum absolute atomic E-state index is 0.826. The standard InChI is InChI=1S/C25H32.2ClH.Zr/c1-3-5-7-8-11-21-18-23-12-9-13-24(25(23)19-21)22-16-14-20(15-17-22)10-6-4-2;;;/h9,12-17,19H,3-8,10-11,18H2,1-2H3;2*1H;/q;;;+2/p-2. The zero-order valence-electron chi connectivity index (χ0n) is 17.2. The molecule has 0 spiro atoms. The Kier molecular flexibility index (Phi) is 11.8. The first-order valence-electron chi connectivity index (χ1n) is 10.6. The third kappa shape index (κ3) is 7.48. The summed E-state index contributed by atoms with van der Waals surface area (Å²) in [5, 5.41) is 0. The quantitative estimate of drug-likeness (QED) is 0.305. The van der Waals surface area contributed by atoms with Gasteiger partial charge in [0.15, 0.2) is 0 Å². The molecule has 0 bridgehead atoms. The Hall–Kier alpha value is -0.357. The molecule has 0 saturated carbocycles. The first-order chi connectivity index (χ1) is 13.7. The normalized spacial score (nSPS) is 12.1. The number of unbranched alkanes of at least 4 members (excludes halogenated alkanes) is 4. The number of fused-ring (bicyclic) bond motifs is 1. The summed E-state index contributed by atoms with van der Waals surface area (Å²) in [4.78, 5) is 0. The third-order valence-electron chi connectivity index (χ3n) is 5.40. The summed E-state index contributed by atoms with van der Waals surface area (Å²) < 4.78 is 0. The Labute approximate surface area is 190 Å². The van der Waals surface area contributed by atoms with Crippen LogP contribution in [0.15, 0.2) is 48.0 Å². The fourth-order valence-electron chi connectivity index (χ4n) is 3.86. The topological polar surface area (TPSA) is 0 Å². The van der Waals surface area contributed by atoms with E-state index in [9.17, 15) is 0 Å². The molecule has 0 N–H and O–H groups in total. The van der Waals surface area contributed by atoms with Crippen LogP contribution < -0.4 is 0 Å². The predicted octanol–water partition coefficient (Wildman–Crippen LogP) is 8.98. The van der Waals surface area contributed by atoms with Gasteiger partial charge in [0.1, 0.15) is 0 Å². The van der Waals surface area contributed by atoms with Gasteiger partial charge in [-0.3, -0.25) is 0 Å². The summed E-state index contributed by atoms with van der Waals surface area (Å²) in [5.74, 6) is 0. The molecule has 3 rings (SSSR count). The van der Waals surface area contributed by atoms with Gasteiger partial charge in [-0.05, 0) is 59.9 Å². The molecule has 3 heteroatoms. The van der Waals surface area contributed by atoms with E-state index in [2.05, 4.69) is 62.4 Å². The van der Waals surface area contributed by atoms with E-state index in [-0.39, 0.29) is 0 Å². The molecule has 150 valence electrons. The maximum atomic E-state index is 4.93. The van der Waals surface area contributed by atoms with Crippen LogP contribution in [0, 0.1) is 0 Å². The number of hydrogen-bond donors (Lipinski definition) is 0. The van der Waals surface area contributed by atoms with E-state index in [0.717, 1.165) is 6.42 Å². The SMILES string of the molecule is CCCCCCC1=Cc2c(cccc2-c2ccc(CCCC)cc2)C1.[Cl][Zr][Cl]. The van der Waals surface area contributed by atoms with Gasteiger partial charge >= 0.3 is 37.9 Å². The molecule has 2 aromatic rings. The summed E-state index contributed by atoms with van der Waals surface area (Å²) in [7, 11) is 9.87. The van der Waals surface area contributed by atoms with Crippen LogP contribution in [-0.4, -0.2) is 0 Å². The Morgan fingerprint density at radius 1 is 0.821 bits per heavy atom. The van der Waals surface area contributed by atoms with Crippen LogP contribution in [0.25, 0.3) is 17.2 Å². The van der Waals surface area contributed by atoms with E-state index in [4.69, 9.17) is 17.0 Å². The fourth-order valence-corrected chi connectivity index (χ4v) is 3.86.